The van der Waals surface area contributed by atoms with Gasteiger partial charge in [0, 0.05) is 18.7 Å². The first-order chi connectivity index (χ1) is 9.69. The predicted molar refractivity (Wildman–Crippen MR) is 76.2 cm³/mol. The zero-order valence-electron chi connectivity index (χ0n) is 11.7. The molecule has 0 aliphatic heterocycles. The second-order valence-corrected chi connectivity index (χ2v) is 5.06. The Labute approximate surface area is 120 Å². The summed E-state index contributed by atoms with van der Waals surface area (Å²) in [4.78, 5) is 33.4. The summed E-state index contributed by atoms with van der Waals surface area (Å²) in [6.07, 6.45) is 0. The molecule has 0 saturated heterocycles. The van der Waals surface area contributed by atoms with Crippen molar-refractivity contribution in [2.75, 3.05) is 12.0 Å². The van der Waals surface area contributed by atoms with Crippen molar-refractivity contribution in [3.8, 4) is 0 Å². The molecule has 0 bridgehead atoms. The highest BCUT2D eigenvalue weighted by molar-refractivity contribution is 6.00. The molecule has 0 aliphatic carbocycles. The van der Waals surface area contributed by atoms with Gasteiger partial charge in [-0.05, 0) is 19.9 Å². The van der Waals surface area contributed by atoms with Gasteiger partial charge >= 0.3 is 0 Å². The van der Waals surface area contributed by atoms with Gasteiger partial charge in [0.25, 0.3) is 11.6 Å². The number of nitrogens with zero attached hydrogens (tertiary/aromatic N) is 1. The van der Waals surface area contributed by atoms with Gasteiger partial charge in [0.15, 0.2) is 0 Å². The number of non-ortho nitro benzene ring substituents is 1. The normalized spacial score (nSPS) is 10.8. The van der Waals surface area contributed by atoms with Crippen LogP contribution in [0.4, 0.5) is 11.4 Å². The topological polar surface area (TPSA) is 153 Å². The summed E-state index contributed by atoms with van der Waals surface area (Å²) in [6.45, 7) is 3.14. The van der Waals surface area contributed by atoms with Gasteiger partial charge in [0.05, 0.1) is 21.6 Å². The number of nitrogens with one attached hydrogen (secondary N) is 2. The summed E-state index contributed by atoms with van der Waals surface area (Å²) in [6, 6.07) is 3.65. The van der Waals surface area contributed by atoms with E-state index in [0.717, 1.165) is 6.07 Å². The van der Waals surface area contributed by atoms with Crippen LogP contribution in [0.25, 0.3) is 0 Å². The van der Waals surface area contributed by atoms with Crippen LogP contribution in [0, 0.1) is 15.5 Å². The highest BCUT2D eigenvalue weighted by Gasteiger charge is 2.26. The largest absolute Gasteiger partial charge is 0.369 e. The van der Waals surface area contributed by atoms with Crippen LogP contribution in [0.2, 0.25) is 0 Å². The first-order valence-electron chi connectivity index (χ1n) is 6.02. The number of anilines is 1. The van der Waals surface area contributed by atoms with Crippen molar-refractivity contribution in [2.24, 2.45) is 17.0 Å². The fraction of sp³-hybridized carbons (Fsp3) is 0.333. The number of hydrazine groups is 1. The molecule has 0 aromatic heterocycles. The van der Waals surface area contributed by atoms with E-state index in [4.69, 9.17) is 11.6 Å². The van der Waals surface area contributed by atoms with Crippen LogP contribution in [0.15, 0.2) is 18.2 Å². The number of hydrogen-bond acceptors (Lipinski definition) is 6. The Kier molecular flexibility index (Phi) is 4.82. The molecular weight excluding hydrogens is 278 g/mol. The minimum absolute atomic E-state index is 0.00608. The maximum Gasteiger partial charge on any atom is 0.270 e. The van der Waals surface area contributed by atoms with Crippen LogP contribution in [0.5, 0.6) is 0 Å². The van der Waals surface area contributed by atoms with Gasteiger partial charge in [-0.25, -0.2) is 0 Å². The van der Waals surface area contributed by atoms with Gasteiger partial charge in [0.2, 0.25) is 5.91 Å². The number of amides is 2. The van der Waals surface area contributed by atoms with E-state index in [-0.39, 0.29) is 23.5 Å². The van der Waals surface area contributed by atoms with Gasteiger partial charge in [-0.3, -0.25) is 25.5 Å². The number of nitrogens with two attached hydrogens (primary N) is 2. The molecule has 114 valence electrons. The van der Waals surface area contributed by atoms with Crippen molar-refractivity contribution in [2.45, 2.75) is 13.8 Å². The smallest absolute Gasteiger partial charge is 0.270 e. The minimum Gasteiger partial charge on any atom is -0.369 e. The van der Waals surface area contributed by atoms with E-state index < -0.39 is 22.2 Å². The Hall–Kier alpha value is -2.68. The average molecular weight is 295 g/mol. The fourth-order valence-electron chi connectivity index (χ4n) is 1.44. The van der Waals surface area contributed by atoms with Gasteiger partial charge in [-0.1, -0.05) is 0 Å². The molecule has 6 N–H and O–H groups in total. The van der Waals surface area contributed by atoms with Gasteiger partial charge < -0.3 is 16.5 Å². The third kappa shape index (κ3) is 3.89. The average Bonchev–Trinajstić information content (AvgIpc) is 2.43. The number of nitro benzene ring substituents is 1. The third-order valence-corrected chi connectivity index (χ3v) is 2.97. The highest BCUT2D eigenvalue weighted by atomic mass is 16.6. The molecule has 0 saturated carbocycles. The number of nitro groups is 1. The van der Waals surface area contributed by atoms with Crippen LogP contribution >= 0.6 is 0 Å². The van der Waals surface area contributed by atoms with E-state index in [1.807, 2.05) is 0 Å². The summed E-state index contributed by atoms with van der Waals surface area (Å²) in [5.74, 6) is 4.10. The lowest BCUT2D eigenvalue weighted by atomic mass is 9.92. The zero-order chi connectivity index (χ0) is 16.2. The zero-order valence-corrected chi connectivity index (χ0v) is 11.7. The Morgan fingerprint density at radius 1 is 1.38 bits per heavy atom. The predicted octanol–water partition coefficient (Wildman–Crippen LogP) is 0.122. The second kappa shape index (κ2) is 6.18. The molecule has 0 unspecified atom stereocenters. The number of benzene rings is 1. The SMILES string of the molecule is CC(C)(CNC(=O)c1cc([N+](=O)[O-])ccc1NN)C(N)=O. The Morgan fingerprint density at radius 3 is 2.48 bits per heavy atom. The summed E-state index contributed by atoms with van der Waals surface area (Å²) >= 11 is 0. The number of nitrogen functional groups attached to an aromatic ring is 1. The monoisotopic (exact) mass is 295 g/mol. The van der Waals surface area contributed by atoms with E-state index in [1.54, 1.807) is 13.8 Å². The Morgan fingerprint density at radius 2 is 2.00 bits per heavy atom. The lowest BCUT2D eigenvalue weighted by Gasteiger charge is -2.21. The van der Waals surface area contributed by atoms with Crippen molar-refractivity contribution in [3.63, 3.8) is 0 Å². The molecule has 1 aromatic carbocycles. The summed E-state index contributed by atoms with van der Waals surface area (Å²) in [5, 5.41) is 13.2. The third-order valence-electron chi connectivity index (χ3n) is 2.97. The molecule has 0 spiro atoms. The molecule has 0 fully saturated rings. The molecule has 2 amide bonds. The summed E-state index contributed by atoms with van der Waals surface area (Å²) in [5.41, 5.74) is 6.55. The lowest BCUT2D eigenvalue weighted by Crippen LogP contribution is -2.42. The van der Waals surface area contributed by atoms with E-state index in [2.05, 4.69) is 10.7 Å². The first kappa shape index (κ1) is 16.4. The van der Waals surface area contributed by atoms with E-state index in [9.17, 15) is 19.7 Å². The van der Waals surface area contributed by atoms with E-state index in [0.29, 0.717) is 0 Å². The molecule has 0 atom stereocenters. The molecular formula is C12H17N5O4. The van der Waals surface area contributed by atoms with Crippen LogP contribution < -0.4 is 22.3 Å². The molecule has 0 aliphatic rings. The number of carbonyl (C=O) groups excluding carboxylic acids is 2. The molecule has 0 radical (unpaired) electrons. The number of rotatable bonds is 6. The van der Waals surface area contributed by atoms with Crippen LogP contribution in [0.1, 0.15) is 24.2 Å². The van der Waals surface area contributed by atoms with Crippen molar-refractivity contribution >= 4 is 23.2 Å². The van der Waals surface area contributed by atoms with Gasteiger partial charge in [-0.15, -0.1) is 0 Å². The molecule has 21 heavy (non-hydrogen) atoms. The Balaban J connectivity index is 2.98. The molecule has 1 aromatic rings. The maximum absolute atomic E-state index is 12.1. The quantitative estimate of drug-likeness (QED) is 0.332. The number of carbonyl (C=O) groups is 2. The second-order valence-electron chi connectivity index (χ2n) is 5.06. The van der Waals surface area contributed by atoms with Crippen molar-refractivity contribution in [1.82, 2.24) is 5.32 Å². The molecule has 9 nitrogen and oxygen atoms in total. The number of hydrogen-bond donors (Lipinski definition) is 4. The molecule has 9 heteroatoms. The van der Waals surface area contributed by atoms with Crippen LogP contribution in [-0.4, -0.2) is 23.3 Å². The maximum atomic E-state index is 12.1. The summed E-state index contributed by atoms with van der Waals surface area (Å²) in [7, 11) is 0. The highest BCUT2D eigenvalue weighted by Crippen LogP contribution is 2.22. The number of primary amides is 1. The van der Waals surface area contributed by atoms with Crippen molar-refractivity contribution in [3.05, 3.63) is 33.9 Å². The van der Waals surface area contributed by atoms with E-state index in [1.165, 1.54) is 12.1 Å². The van der Waals surface area contributed by atoms with E-state index >= 15 is 0 Å². The molecule has 0 heterocycles. The first-order valence-corrected chi connectivity index (χ1v) is 6.02. The van der Waals surface area contributed by atoms with Crippen LogP contribution in [-0.2, 0) is 4.79 Å². The fourth-order valence-corrected chi connectivity index (χ4v) is 1.44. The van der Waals surface area contributed by atoms with Crippen molar-refractivity contribution in [1.29, 1.82) is 0 Å². The van der Waals surface area contributed by atoms with Gasteiger partial charge in [-0.2, -0.15) is 0 Å². The Bertz CT molecular complexity index is 585. The standard InChI is InChI=1S/C12H17N5O4/c1-12(2,11(13)19)6-15-10(18)8-5-7(17(20)21)3-4-9(8)16-14/h3-5,16H,6,14H2,1-2H3,(H2,13,19)(H,15,18). The molecule has 1 rings (SSSR count). The van der Waals surface area contributed by atoms with Crippen molar-refractivity contribution < 1.29 is 14.5 Å². The van der Waals surface area contributed by atoms with Gasteiger partial charge in [0.1, 0.15) is 0 Å². The summed E-state index contributed by atoms with van der Waals surface area (Å²) < 4.78 is 0. The minimum atomic E-state index is -0.938. The van der Waals surface area contributed by atoms with Crippen LogP contribution in [0.3, 0.4) is 0 Å². The lowest BCUT2D eigenvalue weighted by molar-refractivity contribution is -0.384.